The molecule has 2 unspecified atom stereocenters. The van der Waals surface area contributed by atoms with Crippen molar-refractivity contribution in [1.29, 1.82) is 0 Å². The van der Waals surface area contributed by atoms with Crippen LogP contribution in [-0.2, 0) is 21.1 Å². The first-order chi connectivity index (χ1) is 18.9. The molecular weight excluding hydrogens is 599 g/mol. The molecule has 0 N–H and O–H groups in total. The minimum atomic E-state index is -0.191. The maximum atomic E-state index is 5.72. The van der Waals surface area contributed by atoms with E-state index in [0.29, 0.717) is 17.8 Å². The van der Waals surface area contributed by atoms with Gasteiger partial charge in [-0.15, -0.1) is 11.1 Å². The van der Waals surface area contributed by atoms with Crippen LogP contribution in [0.3, 0.4) is 0 Å². The Morgan fingerprint density at radius 2 is 1.68 bits per heavy atom. The number of allylic oxidation sites excluding steroid dienone is 2. The van der Waals surface area contributed by atoms with Crippen molar-refractivity contribution in [3.05, 3.63) is 101 Å². The summed E-state index contributed by atoms with van der Waals surface area (Å²) in [5, 5.41) is 0. The van der Waals surface area contributed by atoms with Gasteiger partial charge in [0.15, 0.2) is 0 Å². The van der Waals surface area contributed by atoms with E-state index in [-0.39, 0.29) is 32.7 Å². The summed E-state index contributed by atoms with van der Waals surface area (Å²) in [6.07, 6.45) is 7.03. The van der Waals surface area contributed by atoms with Gasteiger partial charge in [0.2, 0.25) is 0 Å². The molecule has 2 atom stereocenters. The van der Waals surface area contributed by atoms with Gasteiger partial charge in [-0.2, -0.15) is 0 Å². The Morgan fingerprint density at radius 3 is 2.27 bits per heavy atom. The Balaban J connectivity index is 0.000000285. The van der Waals surface area contributed by atoms with E-state index in [1.165, 1.54) is 23.3 Å². The van der Waals surface area contributed by atoms with Gasteiger partial charge in [0.25, 0.3) is 0 Å². The van der Waals surface area contributed by atoms with E-state index in [0.717, 1.165) is 17.7 Å². The zero-order valence-electron chi connectivity index (χ0n) is 25.8. The first kappa shape index (κ1) is 32.6. The van der Waals surface area contributed by atoms with Gasteiger partial charge in [-0.3, -0.25) is 0 Å². The molecule has 0 bridgehead atoms. The second-order valence-corrected chi connectivity index (χ2v) is 14.7. The molecule has 1 aliphatic heterocycles. The van der Waals surface area contributed by atoms with Crippen LogP contribution in [0, 0.1) is 24.3 Å². The molecule has 1 saturated heterocycles. The third kappa shape index (κ3) is 8.32. The van der Waals surface area contributed by atoms with Crippen molar-refractivity contribution in [3.8, 4) is 5.75 Å². The molecule has 0 aromatic heterocycles. The average molecular weight is 647 g/mol. The van der Waals surface area contributed by atoms with Crippen molar-refractivity contribution in [2.24, 2.45) is 17.8 Å². The van der Waals surface area contributed by atoms with Gasteiger partial charge in [0, 0.05) is 11.5 Å². The topological polar surface area (TPSA) is 12.5 Å². The van der Waals surface area contributed by atoms with E-state index in [2.05, 4.69) is 108 Å². The van der Waals surface area contributed by atoms with Gasteiger partial charge < -0.3 is 4.90 Å². The van der Waals surface area contributed by atoms with Crippen molar-refractivity contribution >= 4 is 14.3 Å². The number of para-hydroxylation sites is 1. The monoisotopic (exact) mass is 647 g/mol. The molecule has 40 heavy (non-hydrogen) atoms. The first-order valence-corrected chi connectivity index (χ1v) is 17.8. The Kier molecular flexibility index (Phi) is 11.7. The maximum absolute atomic E-state index is 5.72. The van der Waals surface area contributed by atoms with Gasteiger partial charge in [0.1, 0.15) is 0 Å². The molecule has 4 rings (SSSR count). The molecule has 219 valence electrons. The molecular formula is C36H48ClNORu-. The van der Waals surface area contributed by atoms with Crippen molar-refractivity contribution in [3.63, 3.8) is 0 Å². The summed E-state index contributed by atoms with van der Waals surface area (Å²) in [5.41, 5.74) is 9.07. The summed E-state index contributed by atoms with van der Waals surface area (Å²) in [7, 11) is 5.72. The summed E-state index contributed by atoms with van der Waals surface area (Å²) in [5.74, 6) is 2.54. The van der Waals surface area contributed by atoms with Gasteiger partial charge in [0.05, 0.1) is 0 Å². The number of hydrogen-bond acceptors (Lipinski definition) is 2. The Hall–Kier alpha value is -1.92. The number of ether oxygens (including phenoxy) is 1. The number of hydrogen-bond donors (Lipinski definition) is 0. The summed E-state index contributed by atoms with van der Waals surface area (Å²) in [6, 6.07) is 19.0. The number of likely N-dealkylation sites (tertiary alicyclic amines) is 1. The van der Waals surface area contributed by atoms with Crippen LogP contribution in [0.2, 0.25) is 0 Å². The second-order valence-electron chi connectivity index (χ2n) is 12.9. The average Bonchev–Trinajstić information content (AvgIpc) is 3.14. The van der Waals surface area contributed by atoms with Crippen LogP contribution < -0.4 is 4.74 Å². The molecule has 2 aliphatic rings. The molecule has 0 amide bonds. The van der Waals surface area contributed by atoms with E-state index < -0.39 is 0 Å². The quantitative estimate of drug-likeness (QED) is 0.161. The van der Waals surface area contributed by atoms with E-state index in [4.69, 9.17) is 14.4 Å². The van der Waals surface area contributed by atoms with Crippen LogP contribution in [0.15, 0.2) is 83.8 Å². The number of halogens is 1. The molecule has 2 aromatic carbocycles. The van der Waals surface area contributed by atoms with E-state index in [1.54, 1.807) is 0 Å². The fourth-order valence-corrected chi connectivity index (χ4v) is 7.05. The fraction of sp³-hybridized carbons (Fsp3) is 0.472. The molecule has 2 nitrogen and oxygen atoms in total. The standard InChI is InChI=1S/C26H36N.C10H12O.ClH.Ru/c1-19(2)16-21-12-11-15-23(20(3)4)24(21)27-18-26(7,17-25(27,5)6)22-13-9-8-10-14-22;1-8(2)11-10-7-5-4-6-9(10)3;;/h8-10,12-15,18-21H,16-17H2,1-7H3;3-8H,1-2H3;1H;/q-1;;;+1/p-1. The second kappa shape index (κ2) is 14.3. The summed E-state index contributed by atoms with van der Waals surface area (Å²) in [6.45, 7) is 23.0. The number of rotatable bonds is 8. The number of benzene rings is 2. The van der Waals surface area contributed by atoms with Crippen LogP contribution in [-0.4, -0.2) is 21.2 Å². The molecule has 1 aliphatic carbocycles. The fourth-order valence-electron chi connectivity index (χ4n) is 5.94. The van der Waals surface area contributed by atoms with Gasteiger partial charge >= 0.3 is 90.3 Å². The van der Waals surface area contributed by atoms with Crippen LogP contribution >= 0.6 is 9.69 Å². The zero-order chi connectivity index (χ0) is 29.5. The summed E-state index contributed by atoms with van der Waals surface area (Å²) in [4.78, 5) is 2.62. The van der Waals surface area contributed by atoms with Crippen LogP contribution in [0.25, 0.3) is 0 Å². The van der Waals surface area contributed by atoms with Crippen molar-refractivity contribution < 1.29 is 20.4 Å². The van der Waals surface area contributed by atoms with E-state index in [1.807, 2.05) is 42.7 Å². The Bertz CT molecular complexity index is 1240. The van der Waals surface area contributed by atoms with Crippen LogP contribution in [0.4, 0.5) is 0 Å². The third-order valence-corrected chi connectivity index (χ3v) is 8.71. The zero-order valence-corrected chi connectivity index (χ0v) is 28.3. The summed E-state index contributed by atoms with van der Waals surface area (Å²) >= 11 is -0.191. The summed E-state index contributed by atoms with van der Waals surface area (Å²) < 4.78 is 7.66. The third-order valence-electron chi connectivity index (χ3n) is 7.52. The molecule has 1 heterocycles. The van der Waals surface area contributed by atoms with Gasteiger partial charge in [-0.25, -0.2) is 6.54 Å². The van der Waals surface area contributed by atoms with Crippen molar-refractivity contribution in [2.75, 3.05) is 0 Å². The normalized spacial score (nSPS) is 22.2. The van der Waals surface area contributed by atoms with Crippen LogP contribution in [0.1, 0.15) is 86.3 Å². The number of nitrogens with zero attached hydrogens (tertiary/aromatic N) is 1. The van der Waals surface area contributed by atoms with Crippen molar-refractivity contribution in [2.45, 2.75) is 92.2 Å². The van der Waals surface area contributed by atoms with Gasteiger partial charge in [-0.05, 0) is 61.9 Å². The Morgan fingerprint density at radius 1 is 1.02 bits per heavy atom. The Labute approximate surface area is 255 Å². The van der Waals surface area contributed by atoms with E-state index in [9.17, 15) is 0 Å². The van der Waals surface area contributed by atoms with E-state index >= 15 is 0 Å². The molecule has 0 spiro atoms. The molecule has 0 saturated carbocycles. The minimum absolute atomic E-state index is 0.0626. The van der Waals surface area contributed by atoms with Gasteiger partial charge in [-0.1, -0.05) is 70.5 Å². The predicted molar refractivity (Wildman–Crippen MR) is 169 cm³/mol. The SMILES string of the molecule is CC(C)CC1C=C=CC(C(C)C)=C1N1[CH-]C(C)(c2ccccc2)CC1(C)C.CC(C)Oc1ccccc1[CH]=[Ru][Cl]. The predicted octanol–water partition coefficient (Wildman–Crippen LogP) is 9.75. The molecule has 2 aromatic rings. The first-order valence-electron chi connectivity index (χ1n) is 14.6. The van der Waals surface area contributed by atoms with Crippen molar-refractivity contribution in [1.82, 2.24) is 4.90 Å². The molecule has 0 radical (unpaired) electrons. The molecule has 1 fully saturated rings. The molecule has 4 heteroatoms. The van der Waals surface area contributed by atoms with Crippen LogP contribution in [0.5, 0.6) is 5.75 Å².